The predicted octanol–water partition coefficient (Wildman–Crippen LogP) is -0.509. The van der Waals surface area contributed by atoms with Crippen LogP contribution in [-0.4, -0.2) is 38.9 Å². The van der Waals surface area contributed by atoms with Crippen LogP contribution in [0.1, 0.15) is 0 Å². The van der Waals surface area contributed by atoms with Gasteiger partial charge in [-0.05, 0) is 0 Å². The largest absolute Gasteiger partial charge is 0.225 e. The van der Waals surface area contributed by atoms with Gasteiger partial charge in [0.15, 0.2) is 0 Å². The van der Waals surface area contributed by atoms with Gasteiger partial charge in [-0.3, -0.25) is 0 Å². The van der Waals surface area contributed by atoms with Gasteiger partial charge in [0.2, 0.25) is 0 Å². The van der Waals surface area contributed by atoms with Crippen LogP contribution in [0.15, 0.2) is 19.0 Å². The Morgan fingerprint density at radius 3 is 1.14 bits per heavy atom. The summed E-state index contributed by atoms with van der Waals surface area (Å²) >= 11 is 0. The molecule has 1 rings (SSSR count). The van der Waals surface area contributed by atoms with Gasteiger partial charge in [-0.2, -0.15) is 0 Å². The van der Waals surface area contributed by atoms with Gasteiger partial charge in [-0.15, -0.1) is 0 Å². The molecule has 1 heterocycles. The predicted molar refractivity (Wildman–Crippen MR) is 25.6 cm³/mol. The van der Waals surface area contributed by atoms with E-state index in [2.05, 4.69) is 15.0 Å². The number of hydrogen-bond donors (Lipinski definition) is 0. The van der Waals surface area contributed by atoms with Crippen LogP contribution >= 0.6 is 0 Å². The van der Waals surface area contributed by atoms with Gasteiger partial charge in [0.1, 0.15) is 19.0 Å². The van der Waals surface area contributed by atoms with E-state index in [0.717, 1.165) is 0 Å². The van der Waals surface area contributed by atoms with E-state index in [1.165, 1.54) is 19.0 Å². The molecule has 0 spiro atoms. The first-order chi connectivity index (χ1) is 3.00. The van der Waals surface area contributed by atoms with Gasteiger partial charge in [-0.1, -0.05) is 0 Å². The Hall–Kier alpha value is -0.191. The Morgan fingerprint density at radius 2 is 1.00 bits per heavy atom. The van der Waals surface area contributed by atoms with E-state index >= 15 is 0 Å². The van der Waals surface area contributed by atoms with Gasteiger partial charge < -0.3 is 0 Å². The molecule has 4 radical (unpaired) electrons. The first kappa shape index (κ1) is 6.81. The summed E-state index contributed by atoms with van der Waals surface area (Å²) in [4.78, 5) is 10.7. The number of hydrogen-bond acceptors (Lipinski definition) is 3. The molecular formula is C3H3N3Sn. The van der Waals surface area contributed by atoms with E-state index in [-0.39, 0.29) is 23.9 Å². The molecule has 0 bridgehead atoms. The minimum absolute atomic E-state index is 0. The van der Waals surface area contributed by atoms with E-state index in [1.54, 1.807) is 0 Å². The van der Waals surface area contributed by atoms with Crippen molar-refractivity contribution in [3.8, 4) is 0 Å². The molecule has 0 aliphatic carbocycles. The molecule has 0 fully saturated rings. The summed E-state index contributed by atoms with van der Waals surface area (Å²) in [5, 5.41) is 0. The average molecular weight is 200 g/mol. The molecular weight excluding hydrogens is 197 g/mol. The van der Waals surface area contributed by atoms with E-state index < -0.39 is 0 Å². The Morgan fingerprint density at radius 1 is 0.714 bits per heavy atom. The molecule has 0 saturated carbocycles. The zero-order valence-electron chi connectivity index (χ0n) is 3.57. The summed E-state index contributed by atoms with van der Waals surface area (Å²) in [6.07, 6.45) is 4.31. The van der Waals surface area contributed by atoms with Gasteiger partial charge in [0.05, 0.1) is 0 Å². The zero-order valence-corrected chi connectivity index (χ0v) is 6.43. The number of rotatable bonds is 0. The Labute approximate surface area is 58.2 Å². The van der Waals surface area contributed by atoms with Crippen molar-refractivity contribution < 1.29 is 0 Å². The maximum atomic E-state index is 3.56. The standard InChI is InChI=1S/C3H3N3.Sn/c1-4-2-6-3-5-1;/h1-3H;. The molecule has 7 heavy (non-hydrogen) atoms. The number of nitrogens with zero attached hydrogens (tertiary/aromatic N) is 3. The third-order valence-corrected chi connectivity index (χ3v) is 0.400. The van der Waals surface area contributed by atoms with Crippen molar-refractivity contribution in [2.24, 2.45) is 0 Å². The van der Waals surface area contributed by atoms with E-state index in [0.29, 0.717) is 0 Å². The summed E-state index contributed by atoms with van der Waals surface area (Å²) in [7, 11) is 0. The van der Waals surface area contributed by atoms with E-state index in [4.69, 9.17) is 0 Å². The van der Waals surface area contributed by atoms with Crippen LogP contribution < -0.4 is 0 Å². The van der Waals surface area contributed by atoms with Gasteiger partial charge >= 0.3 is 0 Å². The summed E-state index contributed by atoms with van der Waals surface area (Å²) in [5.74, 6) is 0. The Bertz CT molecular complexity index is 82.1. The van der Waals surface area contributed by atoms with Crippen molar-refractivity contribution in [2.45, 2.75) is 0 Å². The molecule has 3 nitrogen and oxygen atoms in total. The van der Waals surface area contributed by atoms with Crippen molar-refractivity contribution >= 4 is 23.9 Å². The van der Waals surface area contributed by atoms with Crippen LogP contribution in [0.3, 0.4) is 0 Å². The fourth-order valence-electron chi connectivity index (χ4n) is 0.205. The maximum Gasteiger partial charge on any atom is 0.119 e. The van der Waals surface area contributed by atoms with Gasteiger partial charge in [0.25, 0.3) is 0 Å². The quantitative estimate of drug-likeness (QED) is 0.529. The van der Waals surface area contributed by atoms with Crippen molar-refractivity contribution in [3.05, 3.63) is 19.0 Å². The van der Waals surface area contributed by atoms with Gasteiger partial charge in [0, 0.05) is 23.9 Å². The second-order valence-electron chi connectivity index (χ2n) is 0.794. The van der Waals surface area contributed by atoms with Crippen LogP contribution in [-0.2, 0) is 0 Å². The van der Waals surface area contributed by atoms with Crippen LogP contribution in [0.2, 0.25) is 0 Å². The maximum absolute atomic E-state index is 3.56. The molecule has 1 aromatic rings. The minimum atomic E-state index is 0. The minimum Gasteiger partial charge on any atom is -0.225 e. The molecule has 34 valence electrons. The summed E-state index contributed by atoms with van der Waals surface area (Å²) in [6.45, 7) is 0. The van der Waals surface area contributed by atoms with Crippen LogP contribution in [0.5, 0.6) is 0 Å². The van der Waals surface area contributed by atoms with Crippen molar-refractivity contribution in [1.82, 2.24) is 15.0 Å². The van der Waals surface area contributed by atoms with E-state index in [9.17, 15) is 0 Å². The van der Waals surface area contributed by atoms with Crippen LogP contribution in [0.25, 0.3) is 0 Å². The number of aromatic nitrogens is 3. The Kier molecular flexibility index (Phi) is 3.87. The SMILES string of the molecule is [Sn].c1ncncn1. The van der Waals surface area contributed by atoms with Crippen molar-refractivity contribution in [2.75, 3.05) is 0 Å². The van der Waals surface area contributed by atoms with Crippen molar-refractivity contribution in [3.63, 3.8) is 0 Å². The first-order valence-corrected chi connectivity index (χ1v) is 1.55. The van der Waals surface area contributed by atoms with Gasteiger partial charge in [-0.25, -0.2) is 15.0 Å². The summed E-state index contributed by atoms with van der Waals surface area (Å²) < 4.78 is 0. The molecule has 0 atom stereocenters. The second-order valence-corrected chi connectivity index (χ2v) is 0.794. The van der Waals surface area contributed by atoms with Crippen molar-refractivity contribution in [1.29, 1.82) is 0 Å². The normalized spacial score (nSPS) is 6.86. The summed E-state index contributed by atoms with van der Waals surface area (Å²) in [6, 6.07) is 0. The zero-order chi connectivity index (χ0) is 4.24. The average Bonchev–Trinajstić information content (AvgIpc) is 1.72. The molecule has 0 unspecified atom stereocenters. The third kappa shape index (κ3) is 2.50. The molecule has 0 aliphatic rings. The molecule has 0 N–H and O–H groups in total. The first-order valence-electron chi connectivity index (χ1n) is 1.55. The Balaban J connectivity index is 0.000000360. The van der Waals surface area contributed by atoms with Crippen LogP contribution in [0.4, 0.5) is 0 Å². The van der Waals surface area contributed by atoms with Crippen LogP contribution in [0, 0.1) is 0 Å². The summed E-state index contributed by atoms with van der Waals surface area (Å²) in [5.41, 5.74) is 0. The smallest absolute Gasteiger partial charge is 0.119 e. The fourth-order valence-corrected chi connectivity index (χ4v) is 0.205. The molecule has 1 aromatic heterocycles. The molecule has 0 aromatic carbocycles. The monoisotopic (exact) mass is 201 g/mol. The fraction of sp³-hybridized carbons (Fsp3) is 0. The second kappa shape index (κ2) is 3.98. The topological polar surface area (TPSA) is 38.7 Å². The molecule has 0 saturated heterocycles. The van der Waals surface area contributed by atoms with E-state index in [1.807, 2.05) is 0 Å². The molecule has 0 aliphatic heterocycles. The molecule has 0 amide bonds. The molecule has 4 heteroatoms. The third-order valence-electron chi connectivity index (χ3n) is 0.400.